The van der Waals surface area contributed by atoms with Gasteiger partial charge in [-0.05, 0) is 54.1 Å². The highest BCUT2D eigenvalue weighted by Crippen LogP contribution is 2.14. The summed E-state index contributed by atoms with van der Waals surface area (Å²) in [6.45, 7) is 0.457. The maximum atomic E-state index is 12.3. The zero-order valence-corrected chi connectivity index (χ0v) is 16.0. The van der Waals surface area contributed by atoms with E-state index in [-0.39, 0.29) is 11.8 Å². The van der Waals surface area contributed by atoms with Crippen molar-refractivity contribution in [2.24, 2.45) is 0 Å². The van der Waals surface area contributed by atoms with Crippen molar-refractivity contribution in [1.82, 2.24) is 5.32 Å². The van der Waals surface area contributed by atoms with E-state index in [4.69, 9.17) is 0 Å². The molecule has 0 atom stereocenters. The Morgan fingerprint density at radius 3 is 1.96 bits per heavy atom. The highest BCUT2D eigenvalue weighted by Gasteiger charge is 2.08. The van der Waals surface area contributed by atoms with Crippen molar-refractivity contribution < 1.29 is 9.59 Å². The van der Waals surface area contributed by atoms with Gasteiger partial charge in [0, 0.05) is 43.1 Å². The Morgan fingerprint density at radius 2 is 1.36 bits per heavy atom. The minimum atomic E-state index is -0.182. The first kappa shape index (κ1) is 19.2. The number of anilines is 2. The van der Waals surface area contributed by atoms with Crippen LogP contribution in [0.4, 0.5) is 11.4 Å². The second kappa shape index (κ2) is 8.86. The number of nitrogens with zero attached hydrogens (tertiary/aromatic N) is 1. The summed E-state index contributed by atoms with van der Waals surface area (Å²) in [7, 11) is 3.98. The molecule has 0 fully saturated rings. The molecule has 0 aromatic heterocycles. The van der Waals surface area contributed by atoms with Crippen molar-refractivity contribution in [3.05, 3.63) is 95.6 Å². The van der Waals surface area contributed by atoms with Gasteiger partial charge in [0.25, 0.3) is 11.8 Å². The lowest BCUT2D eigenvalue weighted by molar-refractivity contribution is 0.0950. The summed E-state index contributed by atoms with van der Waals surface area (Å²) in [4.78, 5) is 26.5. The molecule has 0 saturated heterocycles. The predicted octanol–water partition coefficient (Wildman–Crippen LogP) is 3.93. The van der Waals surface area contributed by atoms with Crippen molar-refractivity contribution >= 4 is 23.2 Å². The standard InChI is InChI=1S/C23H23N3O2/c1-26(2)21-14-8-17(9-15-21)16-24-22(27)19-10-12-20(13-11-19)25-23(28)18-6-4-3-5-7-18/h3-15H,16H2,1-2H3,(H,24,27)(H,25,28). The third kappa shape index (κ3) is 4.98. The average Bonchev–Trinajstić information content (AvgIpc) is 2.73. The Morgan fingerprint density at radius 1 is 0.750 bits per heavy atom. The summed E-state index contributed by atoms with van der Waals surface area (Å²) < 4.78 is 0. The molecule has 3 aromatic carbocycles. The van der Waals surface area contributed by atoms with Crippen molar-refractivity contribution in [3.8, 4) is 0 Å². The van der Waals surface area contributed by atoms with E-state index in [1.54, 1.807) is 36.4 Å². The molecule has 0 unspecified atom stereocenters. The molecule has 142 valence electrons. The molecule has 28 heavy (non-hydrogen) atoms. The number of hydrogen-bond donors (Lipinski definition) is 2. The number of benzene rings is 3. The Kier molecular flexibility index (Phi) is 6.07. The topological polar surface area (TPSA) is 61.4 Å². The number of rotatable bonds is 6. The fraction of sp³-hybridized carbons (Fsp3) is 0.130. The van der Waals surface area contributed by atoms with Gasteiger partial charge in [-0.1, -0.05) is 30.3 Å². The zero-order chi connectivity index (χ0) is 19.9. The Bertz CT molecular complexity index is 934. The molecular weight excluding hydrogens is 350 g/mol. The summed E-state index contributed by atoms with van der Waals surface area (Å²) in [5, 5.41) is 5.73. The van der Waals surface area contributed by atoms with Crippen LogP contribution in [-0.4, -0.2) is 25.9 Å². The fourth-order valence-corrected chi connectivity index (χ4v) is 2.69. The van der Waals surface area contributed by atoms with Crippen LogP contribution in [-0.2, 0) is 6.54 Å². The molecule has 0 spiro atoms. The lowest BCUT2D eigenvalue weighted by atomic mass is 10.1. The first-order valence-electron chi connectivity index (χ1n) is 9.04. The summed E-state index contributed by atoms with van der Waals surface area (Å²) >= 11 is 0. The van der Waals surface area contributed by atoms with Gasteiger partial charge in [0.15, 0.2) is 0 Å². The molecule has 0 aliphatic rings. The van der Waals surface area contributed by atoms with E-state index in [0.29, 0.717) is 23.4 Å². The van der Waals surface area contributed by atoms with E-state index >= 15 is 0 Å². The Balaban J connectivity index is 1.55. The molecule has 2 amide bonds. The predicted molar refractivity (Wildman–Crippen MR) is 113 cm³/mol. The van der Waals surface area contributed by atoms with E-state index in [1.807, 2.05) is 61.5 Å². The van der Waals surface area contributed by atoms with Gasteiger partial charge in [0.2, 0.25) is 0 Å². The molecule has 5 nitrogen and oxygen atoms in total. The van der Waals surface area contributed by atoms with Crippen molar-refractivity contribution in [2.75, 3.05) is 24.3 Å². The van der Waals surface area contributed by atoms with Gasteiger partial charge < -0.3 is 15.5 Å². The van der Waals surface area contributed by atoms with Gasteiger partial charge in [-0.3, -0.25) is 9.59 Å². The number of hydrogen-bond acceptors (Lipinski definition) is 3. The first-order valence-corrected chi connectivity index (χ1v) is 9.04. The number of carbonyl (C=O) groups excluding carboxylic acids is 2. The quantitative estimate of drug-likeness (QED) is 0.688. The molecule has 0 heterocycles. The lowest BCUT2D eigenvalue weighted by Crippen LogP contribution is -2.22. The normalized spacial score (nSPS) is 10.2. The molecule has 0 bridgehead atoms. The van der Waals surface area contributed by atoms with Crippen LogP contribution in [0, 0.1) is 0 Å². The number of amides is 2. The Hall–Kier alpha value is -3.60. The van der Waals surface area contributed by atoms with E-state index in [1.165, 1.54) is 0 Å². The first-order chi connectivity index (χ1) is 13.5. The largest absolute Gasteiger partial charge is 0.378 e. The smallest absolute Gasteiger partial charge is 0.255 e. The third-order valence-electron chi connectivity index (χ3n) is 4.35. The SMILES string of the molecule is CN(C)c1ccc(CNC(=O)c2ccc(NC(=O)c3ccccc3)cc2)cc1. The van der Waals surface area contributed by atoms with Crippen molar-refractivity contribution in [3.63, 3.8) is 0 Å². The van der Waals surface area contributed by atoms with Gasteiger partial charge in [-0.25, -0.2) is 0 Å². The van der Waals surface area contributed by atoms with E-state index in [0.717, 1.165) is 11.3 Å². The highest BCUT2D eigenvalue weighted by atomic mass is 16.2. The van der Waals surface area contributed by atoms with Gasteiger partial charge in [-0.15, -0.1) is 0 Å². The van der Waals surface area contributed by atoms with Crippen LogP contribution in [0.15, 0.2) is 78.9 Å². The van der Waals surface area contributed by atoms with E-state index in [2.05, 4.69) is 10.6 Å². The molecule has 5 heteroatoms. The summed E-state index contributed by atoms with van der Waals surface area (Å²) in [5.74, 6) is -0.336. The minimum absolute atomic E-state index is 0.155. The third-order valence-corrected chi connectivity index (χ3v) is 4.35. The molecular formula is C23H23N3O2. The minimum Gasteiger partial charge on any atom is -0.378 e. The van der Waals surface area contributed by atoms with Gasteiger partial charge >= 0.3 is 0 Å². The van der Waals surface area contributed by atoms with Crippen LogP contribution >= 0.6 is 0 Å². The molecule has 3 aromatic rings. The maximum Gasteiger partial charge on any atom is 0.255 e. The van der Waals surface area contributed by atoms with Crippen LogP contribution in [0.5, 0.6) is 0 Å². The van der Waals surface area contributed by atoms with Gasteiger partial charge in [0.05, 0.1) is 0 Å². The zero-order valence-electron chi connectivity index (χ0n) is 16.0. The molecule has 0 aliphatic heterocycles. The van der Waals surface area contributed by atoms with Gasteiger partial charge in [-0.2, -0.15) is 0 Å². The van der Waals surface area contributed by atoms with Crippen molar-refractivity contribution in [1.29, 1.82) is 0 Å². The Labute approximate surface area is 165 Å². The number of nitrogens with one attached hydrogen (secondary N) is 2. The van der Waals surface area contributed by atoms with Crippen LogP contribution in [0.1, 0.15) is 26.3 Å². The second-order valence-electron chi connectivity index (χ2n) is 6.64. The second-order valence-corrected chi connectivity index (χ2v) is 6.64. The maximum absolute atomic E-state index is 12.3. The summed E-state index contributed by atoms with van der Waals surface area (Å²) in [6, 6.07) is 23.9. The highest BCUT2D eigenvalue weighted by molar-refractivity contribution is 6.04. The molecule has 0 aliphatic carbocycles. The van der Waals surface area contributed by atoms with Crippen LogP contribution in [0.2, 0.25) is 0 Å². The molecule has 0 saturated carbocycles. The van der Waals surface area contributed by atoms with E-state index in [9.17, 15) is 9.59 Å². The van der Waals surface area contributed by atoms with E-state index < -0.39 is 0 Å². The molecule has 3 rings (SSSR count). The lowest BCUT2D eigenvalue weighted by Gasteiger charge is -2.13. The van der Waals surface area contributed by atoms with Crippen molar-refractivity contribution in [2.45, 2.75) is 6.54 Å². The van der Waals surface area contributed by atoms with Crippen LogP contribution < -0.4 is 15.5 Å². The summed E-state index contributed by atoms with van der Waals surface area (Å²) in [5.41, 5.74) is 3.92. The van der Waals surface area contributed by atoms with Crippen LogP contribution in [0.3, 0.4) is 0 Å². The van der Waals surface area contributed by atoms with Crippen LogP contribution in [0.25, 0.3) is 0 Å². The molecule has 0 radical (unpaired) electrons. The van der Waals surface area contributed by atoms with Gasteiger partial charge in [0.1, 0.15) is 0 Å². The monoisotopic (exact) mass is 373 g/mol. The number of carbonyl (C=O) groups is 2. The summed E-state index contributed by atoms with van der Waals surface area (Å²) in [6.07, 6.45) is 0. The molecule has 2 N–H and O–H groups in total. The fourth-order valence-electron chi connectivity index (χ4n) is 2.69. The average molecular weight is 373 g/mol.